The molecule has 0 aliphatic rings. The summed E-state index contributed by atoms with van der Waals surface area (Å²) in [5.41, 5.74) is 3.49. The smallest absolute Gasteiger partial charge is 0.425 e. The van der Waals surface area contributed by atoms with Crippen molar-refractivity contribution in [2.45, 2.75) is 32.4 Å². The molecule has 2 rings (SSSR count). The molecule has 0 bridgehead atoms. The van der Waals surface area contributed by atoms with Gasteiger partial charge in [0.1, 0.15) is 6.34 Å². The van der Waals surface area contributed by atoms with Gasteiger partial charge in [0.2, 0.25) is 0 Å². The molecular formula is C21H24ClN5O5. The highest BCUT2D eigenvalue weighted by Gasteiger charge is 2.30. The van der Waals surface area contributed by atoms with Crippen molar-refractivity contribution >= 4 is 41.5 Å². The molecule has 1 atom stereocenters. The maximum atomic E-state index is 13.2. The van der Waals surface area contributed by atoms with Crippen molar-refractivity contribution in [3.05, 3.63) is 64.2 Å². The molecule has 6 N–H and O–H groups in total. The number of hydrogen-bond acceptors (Lipinski definition) is 7. The first-order valence-corrected chi connectivity index (χ1v) is 9.91. The van der Waals surface area contributed by atoms with E-state index in [1.54, 1.807) is 38.1 Å². The van der Waals surface area contributed by atoms with Gasteiger partial charge in [-0.1, -0.05) is 35.9 Å². The van der Waals surface area contributed by atoms with Crippen LogP contribution < -0.4 is 17.1 Å². The van der Waals surface area contributed by atoms with Crippen molar-refractivity contribution in [3.8, 4) is 0 Å². The summed E-state index contributed by atoms with van der Waals surface area (Å²) >= 11 is 6.10. The van der Waals surface area contributed by atoms with Crippen molar-refractivity contribution < 1.29 is 24.2 Å². The van der Waals surface area contributed by atoms with Crippen LogP contribution in [0.15, 0.2) is 47.5 Å². The normalized spacial score (nSPS) is 11.9. The Bertz CT molecular complexity index is 1030. The molecule has 0 fully saturated rings. The molecule has 2 aromatic rings. The first-order chi connectivity index (χ1) is 15.1. The lowest BCUT2D eigenvalue weighted by atomic mass is 9.94. The van der Waals surface area contributed by atoms with Crippen LogP contribution >= 0.6 is 11.6 Å². The number of ether oxygens (including phenoxy) is 1. The fourth-order valence-corrected chi connectivity index (χ4v) is 3.00. The Morgan fingerprint density at radius 1 is 1.25 bits per heavy atom. The zero-order chi connectivity index (χ0) is 23.8. The fourth-order valence-electron chi connectivity index (χ4n) is 2.84. The molecule has 1 amide bonds. The van der Waals surface area contributed by atoms with Crippen LogP contribution in [-0.2, 0) is 16.0 Å². The van der Waals surface area contributed by atoms with Gasteiger partial charge in [0, 0.05) is 17.5 Å². The molecule has 1 unspecified atom stereocenters. The molecular weight excluding hydrogens is 438 g/mol. The quantitative estimate of drug-likeness (QED) is 0.110. The van der Waals surface area contributed by atoms with E-state index >= 15 is 0 Å². The molecule has 0 saturated carbocycles. The summed E-state index contributed by atoms with van der Waals surface area (Å²) in [4.78, 5) is 41.1. The van der Waals surface area contributed by atoms with Crippen molar-refractivity contribution in [1.82, 2.24) is 10.4 Å². The van der Waals surface area contributed by atoms with Crippen molar-refractivity contribution in [2.75, 3.05) is 0 Å². The fraction of sp³-hybridized carbons (Fsp3) is 0.238. The van der Waals surface area contributed by atoms with Gasteiger partial charge < -0.3 is 15.3 Å². The number of hydrogen-bond donors (Lipinski definition) is 4. The summed E-state index contributed by atoms with van der Waals surface area (Å²) in [6, 6.07) is 9.54. The van der Waals surface area contributed by atoms with Gasteiger partial charge in [-0.05, 0) is 37.6 Å². The van der Waals surface area contributed by atoms with Gasteiger partial charge in [0.15, 0.2) is 11.8 Å². The van der Waals surface area contributed by atoms with Gasteiger partial charge in [-0.25, -0.2) is 31.3 Å². The highest BCUT2D eigenvalue weighted by molar-refractivity contribution is 6.33. The lowest BCUT2D eigenvalue weighted by Gasteiger charge is -2.25. The first-order valence-electron chi connectivity index (χ1n) is 9.53. The van der Waals surface area contributed by atoms with Crippen molar-refractivity contribution in [1.29, 1.82) is 0 Å². The second-order valence-electron chi connectivity index (χ2n) is 6.98. The number of halogens is 1. The molecule has 0 aliphatic heterocycles. The Kier molecular flexibility index (Phi) is 8.71. The van der Waals surface area contributed by atoms with Gasteiger partial charge >= 0.3 is 12.1 Å². The zero-order valence-electron chi connectivity index (χ0n) is 17.5. The third-order valence-electron chi connectivity index (χ3n) is 4.33. The predicted molar refractivity (Wildman–Crippen MR) is 120 cm³/mol. The molecule has 0 spiro atoms. The van der Waals surface area contributed by atoms with E-state index in [0.29, 0.717) is 21.3 Å². The van der Waals surface area contributed by atoms with E-state index in [4.69, 9.17) is 28.0 Å². The SMILES string of the molecule is CC(C)OC(=O)N(N)C(Cc1ccccc1C(=O)c1ccc(Cl)c(N=CNN)c1)C(=O)O. The summed E-state index contributed by atoms with van der Waals surface area (Å²) in [6.07, 6.45) is -0.457. The Labute approximate surface area is 189 Å². The van der Waals surface area contributed by atoms with Crippen LogP contribution in [0.5, 0.6) is 0 Å². The standard InChI is InChI=1S/C21H24ClN5O5/c1-12(2)32-21(31)27(24)18(20(29)30)10-13-5-3-4-6-15(13)19(28)14-7-8-16(22)17(9-14)25-11-26-23/h3-9,11-12,18H,10,23-24H2,1-2H3,(H,25,26)(H,29,30). The number of benzene rings is 2. The lowest BCUT2D eigenvalue weighted by Crippen LogP contribution is -2.51. The van der Waals surface area contributed by atoms with Crippen LogP contribution in [0.1, 0.15) is 35.3 Å². The first kappa shape index (κ1) is 24.8. The van der Waals surface area contributed by atoms with Gasteiger partial charge in [-0.2, -0.15) is 0 Å². The monoisotopic (exact) mass is 461 g/mol. The van der Waals surface area contributed by atoms with Crippen LogP contribution in [0, 0.1) is 0 Å². The van der Waals surface area contributed by atoms with Crippen molar-refractivity contribution in [2.24, 2.45) is 16.7 Å². The number of nitrogens with one attached hydrogen (secondary N) is 1. The highest BCUT2D eigenvalue weighted by atomic mass is 35.5. The Hall–Kier alpha value is -3.47. The number of nitrogens with zero attached hydrogens (tertiary/aromatic N) is 2. The number of nitrogens with two attached hydrogens (primary N) is 2. The number of ketones is 1. The number of carbonyl (C=O) groups is 3. The molecule has 0 radical (unpaired) electrons. The van der Waals surface area contributed by atoms with Crippen LogP contribution in [0.3, 0.4) is 0 Å². The van der Waals surface area contributed by atoms with E-state index in [-0.39, 0.29) is 23.3 Å². The van der Waals surface area contributed by atoms with E-state index in [1.165, 1.54) is 24.5 Å². The number of hydrazine groups is 2. The van der Waals surface area contributed by atoms with Crippen LogP contribution in [-0.4, -0.2) is 46.4 Å². The number of carboxylic acids is 1. The Balaban J connectivity index is 2.38. The molecule has 0 aliphatic carbocycles. The largest absolute Gasteiger partial charge is 0.480 e. The third-order valence-corrected chi connectivity index (χ3v) is 4.65. The molecule has 2 aromatic carbocycles. The van der Waals surface area contributed by atoms with E-state index in [1.807, 2.05) is 0 Å². The van der Waals surface area contributed by atoms with Gasteiger partial charge in [-0.3, -0.25) is 4.79 Å². The van der Waals surface area contributed by atoms with Gasteiger partial charge in [0.25, 0.3) is 0 Å². The second kappa shape index (κ2) is 11.2. The number of carboxylic acid groups (broad SMARTS) is 1. The average molecular weight is 462 g/mol. The minimum atomic E-state index is -1.45. The second-order valence-corrected chi connectivity index (χ2v) is 7.38. The molecule has 0 heterocycles. The summed E-state index contributed by atoms with van der Waals surface area (Å²) in [5.74, 6) is 9.18. The Morgan fingerprint density at radius 3 is 2.56 bits per heavy atom. The maximum absolute atomic E-state index is 13.2. The Morgan fingerprint density at radius 2 is 1.94 bits per heavy atom. The maximum Gasteiger partial charge on any atom is 0.425 e. The number of amides is 1. The number of aliphatic carboxylic acids is 1. The molecule has 11 heteroatoms. The topological polar surface area (TPSA) is 160 Å². The minimum Gasteiger partial charge on any atom is -0.480 e. The zero-order valence-corrected chi connectivity index (χ0v) is 18.2. The summed E-state index contributed by atoms with van der Waals surface area (Å²) in [7, 11) is 0. The molecule has 0 aromatic heterocycles. The van der Waals surface area contributed by atoms with Gasteiger partial charge in [-0.15, -0.1) is 0 Å². The van der Waals surface area contributed by atoms with Crippen LogP contribution in [0.4, 0.5) is 10.5 Å². The van der Waals surface area contributed by atoms with E-state index in [2.05, 4.69) is 10.4 Å². The number of aliphatic imine (C=N–C) groups is 1. The highest BCUT2D eigenvalue weighted by Crippen LogP contribution is 2.27. The van der Waals surface area contributed by atoms with Gasteiger partial charge in [0.05, 0.1) is 16.8 Å². The van der Waals surface area contributed by atoms with E-state index in [0.717, 1.165) is 0 Å². The predicted octanol–water partition coefficient (Wildman–Crippen LogP) is 2.41. The lowest BCUT2D eigenvalue weighted by molar-refractivity contribution is -0.143. The average Bonchev–Trinajstić information content (AvgIpc) is 2.75. The summed E-state index contributed by atoms with van der Waals surface area (Å²) in [6.45, 7) is 3.23. The number of rotatable bonds is 9. The minimum absolute atomic E-state index is 0.212. The molecule has 32 heavy (non-hydrogen) atoms. The summed E-state index contributed by atoms with van der Waals surface area (Å²) < 4.78 is 4.98. The molecule has 170 valence electrons. The van der Waals surface area contributed by atoms with Crippen LogP contribution in [0.25, 0.3) is 0 Å². The molecule has 10 nitrogen and oxygen atoms in total. The third kappa shape index (κ3) is 6.27. The van der Waals surface area contributed by atoms with Crippen LogP contribution in [0.2, 0.25) is 5.02 Å². The summed E-state index contributed by atoms with van der Waals surface area (Å²) in [5, 5.41) is 10.4. The van der Waals surface area contributed by atoms with E-state index < -0.39 is 24.2 Å². The van der Waals surface area contributed by atoms with E-state index in [9.17, 15) is 19.5 Å². The number of carbonyl (C=O) groups excluding carboxylic acids is 2. The van der Waals surface area contributed by atoms with Crippen molar-refractivity contribution in [3.63, 3.8) is 0 Å². The molecule has 0 saturated heterocycles.